The fraction of sp³-hybridized carbons (Fsp3) is 0.370. The summed E-state index contributed by atoms with van der Waals surface area (Å²) in [6.45, 7) is 5.16. The van der Waals surface area contributed by atoms with E-state index in [4.69, 9.17) is 4.99 Å². The van der Waals surface area contributed by atoms with E-state index >= 15 is 0 Å². The van der Waals surface area contributed by atoms with Crippen LogP contribution in [0, 0.1) is 10.1 Å². The Morgan fingerprint density at radius 1 is 1.09 bits per heavy atom. The van der Waals surface area contributed by atoms with Gasteiger partial charge in [0.05, 0.1) is 16.3 Å². The Hall–Kier alpha value is -2.99. The van der Waals surface area contributed by atoms with E-state index in [0.29, 0.717) is 0 Å². The number of aryl methyl sites for hydroxylation is 2. The lowest BCUT2D eigenvalue weighted by Crippen LogP contribution is -2.17. The number of thiazole rings is 1. The summed E-state index contributed by atoms with van der Waals surface area (Å²) in [6, 6.07) is 13.4. The van der Waals surface area contributed by atoms with Crippen LogP contribution in [0.2, 0.25) is 0 Å². The molecule has 0 fully saturated rings. The molecule has 0 atom stereocenters. The van der Waals surface area contributed by atoms with Crippen LogP contribution in [0.15, 0.2) is 64.5 Å². The number of para-hydroxylation sites is 1. The smallest absolute Gasteiger partial charge is 0.270 e. The molecule has 5 nitrogen and oxygen atoms in total. The number of nitro groups is 1. The summed E-state index contributed by atoms with van der Waals surface area (Å²) in [5.74, 6) is 0. The summed E-state index contributed by atoms with van der Waals surface area (Å²) < 4.78 is 2.26. The molecular formula is C27H31N3O2S. The van der Waals surface area contributed by atoms with Crippen LogP contribution in [0.1, 0.15) is 57.1 Å². The number of hydrogen-bond acceptors (Lipinski definition) is 4. The third kappa shape index (κ3) is 5.33. The Morgan fingerprint density at radius 2 is 1.85 bits per heavy atom. The Kier molecular flexibility index (Phi) is 7.55. The van der Waals surface area contributed by atoms with Crippen LogP contribution in [0.25, 0.3) is 11.3 Å². The Labute approximate surface area is 199 Å². The quantitative estimate of drug-likeness (QED) is 0.200. The fourth-order valence-electron chi connectivity index (χ4n) is 4.49. The van der Waals surface area contributed by atoms with Crippen LogP contribution in [0.3, 0.4) is 0 Å². The second kappa shape index (κ2) is 10.8. The first-order valence-electron chi connectivity index (χ1n) is 11.9. The van der Waals surface area contributed by atoms with Gasteiger partial charge in [0.15, 0.2) is 4.80 Å². The molecule has 0 unspecified atom stereocenters. The minimum Gasteiger partial charge on any atom is -0.316 e. The molecule has 1 heterocycles. The van der Waals surface area contributed by atoms with Crippen LogP contribution in [-0.2, 0) is 19.4 Å². The zero-order valence-corrected chi connectivity index (χ0v) is 20.2. The molecule has 0 saturated carbocycles. The van der Waals surface area contributed by atoms with Crippen molar-refractivity contribution in [1.29, 1.82) is 0 Å². The average molecular weight is 462 g/mol. The van der Waals surface area contributed by atoms with E-state index in [0.717, 1.165) is 47.6 Å². The lowest BCUT2D eigenvalue weighted by atomic mass is 9.97. The largest absolute Gasteiger partial charge is 0.316 e. The number of aromatic nitrogens is 1. The number of benzene rings is 2. The zero-order chi connectivity index (χ0) is 23.2. The normalized spacial score (nSPS) is 14.4. The summed E-state index contributed by atoms with van der Waals surface area (Å²) in [4.78, 5) is 17.2. The number of nitrogens with zero attached hydrogens (tertiary/aromatic N) is 3. The Balaban J connectivity index is 1.83. The van der Waals surface area contributed by atoms with E-state index in [1.165, 1.54) is 42.4 Å². The first kappa shape index (κ1) is 23.2. The van der Waals surface area contributed by atoms with Crippen molar-refractivity contribution in [3.05, 3.63) is 85.5 Å². The number of allylic oxidation sites excluding steroid dienone is 2. The van der Waals surface area contributed by atoms with Crippen LogP contribution >= 0.6 is 11.3 Å². The van der Waals surface area contributed by atoms with Crippen molar-refractivity contribution in [2.45, 2.75) is 65.3 Å². The van der Waals surface area contributed by atoms with E-state index in [9.17, 15) is 10.1 Å². The van der Waals surface area contributed by atoms with Gasteiger partial charge in [-0.25, -0.2) is 4.99 Å². The van der Waals surface area contributed by atoms with E-state index < -0.39 is 0 Å². The molecule has 1 aliphatic carbocycles. The molecule has 2 aromatic carbocycles. The molecule has 3 aromatic rings. The van der Waals surface area contributed by atoms with Gasteiger partial charge in [-0.2, -0.15) is 0 Å². The minimum atomic E-state index is -0.330. The maximum absolute atomic E-state index is 11.4. The number of hydrogen-bond donors (Lipinski definition) is 0. The van der Waals surface area contributed by atoms with E-state index in [-0.39, 0.29) is 10.6 Å². The average Bonchev–Trinajstić information content (AvgIpc) is 3.26. The lowest BCUT2D eigenvalue weighted by molar-refractivity contribution is -0.384. The van der Waals surface area contributed by atoms with Gasteiger partial charge in [-0.1, -0.05) is 55.8 Å². The molecule has 0 saturated heterocycles. The first-order valence-corrected chi connectivity index (χ1v) is 12.7. The molecule has 33 heavy (non-hydrogen) atoms. The molecule has 1 aromatic heterocycles. The highest BCUT2D eigenvalue weighted by atomic mass is 32.1. The monoisotopic (exact) mass is 461 g/mol. The van der Waals surface area contributed by atoms with Crippen molar-refractivity contribution >= 4 is 22.7 Å². The maximum atomic E-state index is 11.4. The van der Waals surface area contributed by atoms with Gasteiger partial charge in [0.2, 0.25) is 0 Å². The summed E-state index contributed by atoms with van der Waals surface area (Å²) in [6.07, 6.45) is 10.1. The van der Waals surface area contributed by atoms with Gasteiger partial charge in [-0.05, 0) is 56.1 Å². The van der Waals surface area contributed by atoms with Crippen molar-refractivity contribution in [3.8, 4) is 11.3 Å². The fourth-order valence-corrected chi connectivity index (χ4v) is 5.43. The van der Waals surface area contributed by atoms with E-state index in [2.05, 4.69) is 48.1 Å². The van der Waals surface area contributed by atoms with Crippen LogP contribution < -0.4 is 4.80 Å². The number of non-ortho nitro benzene ring substituents is 1. The molecule has 0 amide bonds. The van der Waals surface area contributed by atoms with Gasteiger partial charge in [-0.15, -0.1) is 11.3 Å². The predicted octanol–water partition coefficient (Wildman–Crippen LogP) is 7.37. The van der Waals surface area contributed by atoms with Crippen molar-refractivity contribution in [2.24, 2.45) is 4.99 Å². The molecule has 0 N–H and O–H groups in total. The van der Waals surface area contributed by atoms with Crippen molar-refractivity contribution in [1.82, 2.24) is 4.57 Å². The van der Waals surface area contributed by atoms with E-state index in [1.807, 2.05) is 6.07 Å². The highest BCUT2D eigenvalue weighted by molar-refractivity contribution is 7.07. The second-order valence-corrected chi connectivity index (χ2v) is 9.30. The molecule has 0 radical (unpaired) electrons. The van der Waals surface area contributed by atoms with Gasteiger partial charge in [-0.3, -0.25) is 10.1 Å². The van der Waals surface area contributed by atoms with Crippen molar-refractivity contribution in [3.63, 3.8) is 0 Å². The highest BCUT2D eigenvalue weighted by Crippen LogP contribution is 2.29. The summed E-state index contributed by atoms with van der Waals surface area (Å²) in [5, 5.41) is 13.5. The van der Waals surface area contributed by atoms with Crippen molar-refractivity contribution < 1.29 is 4.92 Å². The molecule has 0 bridgehead atoms. The number of rotatable bonds is 8. The Morgan fingerprint density at radius 3 is 2.52 bits per heavy atom. The van der Waals surface area contributed by atoms with Gasteiger partial charge in [0, 0.05) is 29.6 Å². The van der Waals surface area contributed by atoms with Gasteiger partial charge in [0.1, 0.15) is 0 Å². The predicted molar refractivity (Wildman–Crippen MR) is 136 cm³/mol. The zero-order valence-electron chi connectivity index (χ0n) is 19.4. The third-order valence-corrected chi connectivity index (χ3v) is 7.23. The highest BCUT2D eigenvalue weighted by Gasteiger charge is 2.14. The van der Waals surface area contributed by atoms with Gasteiger partial charge >= 0.3 is 0 Å². The lowest BCUT2D eigenvalue weighted by Gasteiger charge is -2.15. The topological polar surface area (TPSA) is 60.4 Å². The minimum absolute atomic E-state index is 0.114. The molecule has 1 aliphatic rings. The number of nitro benzene ring substituents is 1. The first-order chi connectivity index (χ1) is 16.1. The van der Waals surface area contributed by atoms with Gasteiger partial charge < -0.3 is 4.57 Å². The van der Waals surface area contributed by atoms with E-state index in [1.54, 1.807) is 29.5 Å². The molecule has 172 valence electrons. The maximum Gasteiger partial charge on any atom is 0.270 e. The molecular weight excluding hydrogens is 430 g/mol. The Bertz CT molecular complexity index is 1210. The SMILES string of the molecule is CCc1cccc(CC)c1N=c1scc(-c2cccc([N+](=O)[O-])c2)n1CCC1=CCCCC1. The summed E-state index contributed by atoms with van der Waals surface area (Å²) in [7, 11) is 0. The third-order valence-electron chi connectivity index (χ3n) is 6.36. The second-order valence-electron chi connectivity index (χ2n) is 8.46. The van der Waals surface area contributed by atoms with Crippen LogP contribution in [0.4, 0.5) is 11.4 Å². The van der Waals surface area contributed by atoms with Crippen LogP contribution in [0.5, 0.6) is 0 Å². The van der Waals surface area contributed by atoms with Crippen LogP contribution in [-0.4, -0.2) is 9.49 Å². The van der Waals surface area contributed by atoms with Gasteiger partial charge in [0.25, 0.3) is 5.69 Å². The molecule has 4 rings (SSSR count). The standard InChI is InChI=1S/C27H31N3O2S/c1-3-21-12-8-13-22(4-2)26(21)28-27-29(17-16-20-10-6-5-7-11-20)25(19-33-27)23-14-9-15-24(18-23)30(31)32/h8-10,12-15,18-19H,3-7,11,16-17H2,1-2H3. The van der Waals surface area contributed by atoms with Crippen molar-refractivity contribution in [2.75, 3.05) is 0 Å². The summed E-state index contributed by atoms with van der Waals surface area (Å²) >= 11 is 1.61. The summed E-state index contributed by atoms with van der Waals surface area (Å²) in [5.41, 5.74) is 7.05. The molecule has 0 spiro atoms. The molecule has 6 heteroatoms. The molecule has 0 aliphatic heterocycles.